The van der Waals surface area contributed by atoms with Crippen LogP contribution in [-0.2, 0) is 19.3 Å². The van der Waals surface area contributed by atoms with Crippen molar-refractivity contribution in [1.29, 1.82) is 0 Å². The van der Waals surface area contributed by atoms with Crippen molar-refractivity contribution in [3.05, 3.63) is 86.2 Å². The standard InChI is InChI=1S/C24H20Cl3F3N2O3/c25-17-11-19(26)22(20(27)12-17)34-14-18-4-5-21(35-18)23(33)32-8-6-31(7-9-32)13-15-2-1-3-16(10-15)24(28,29)30/h1-5,10-12H,6-9,13-14H2. The first-order valence-corrected chi connectivity index (χ1v) is 11.8. The first-order chi connectivity index (χ1) is 16.6. The van der Waals surface area contributed by atoms with Crippen molar-refractivity contribution < 1.29 is 27.1 Å². The van der Waals surface area contributed by atoms with Gasteiger partial charge in [0.15, 0.2) is 11.5 Å². The maximum Gasteiger partial charge on any atom is 0.416 e. The van der Waals surface area contributed by atoms with Crippen LogP contribution in [0.25, 0.3) is 0 Å². The zero-order valence-corrected chi connectivity index (χ0v) is 20.5. The Bertz CT molecular complexity index is 1180. The van der Waals surface area contributed by atoms with Crippen LogP contribution in [0.4, 0.5) is 13.2 Å². The molecule has 0 radical (unpaired) electrons. The van der Waals surface area contributed by atoms with Gasteiger partial charge >= 0.3 is 6.18 Å². The van der Waals surface area contributed by atoms with E-state index in [1.807, 2.05) is 4.90 Å². The van der Waals surface area contributed by atoms with Gasteiger partial charge in [0.1, 0.15) is 12.4 Å². The van der Waals surface area contributed by atoms with Gasteiger partial charge in [-0.2, -0.15) is 13.2 Å². The number of hydrogen-bond acceptors (Lipinski definition) is 4. The predicted molar refractivity (Wildman–Crippen MR) is 127 cm³/mol. The molecule has 1 fully saturated rings. The van der Waals surface area contributed by atoms with Gasteiger partial charge in [-0.3, -0.25) is 9.69 Å². The monoisotopic (exact) mass is 546 g/mol. The number of carbonyl (C=O) groups excluding carboxylic acids is 1. The molecule has 3 aromatic rings. The van der Waals surface area contributed by atoms with E-state index in [2.05, 4.69) is 0 Å². The number of nitrogens with zero attached hydrogens (tertiary/aromatic N) is 2. The van der Waals surface area contributed by atoms with Gasteiger partial charge in [0.25, 0.3) is 5.91 Å². The van der Waals surface area contributed by atoms with Crippen LogP contribution in [0.3, 0.4) is 0 Å². The molecule has 0 saturated carbocycles. The average Bonchev–Trinajstić information content (AvgIpc) is 3.27. The zero-order chi connectivity index (χ0) is 25.2. The lowest BCUT2D eigenvalue weighted by Gasteiger charge is -2.34. The number of alkyl halides is 3. The first-order valence-electron chi connectivity index (χ1n) is 10.6. The second-order valence-electron chi connectivity index (χ2n) is 8.02. The maximum atomic E-state index is 12.9. The highest BCUT2D eigenvalue weighted by Crippen LogP contribution is 2.36. The molecule has 0 atom stereocenters. The molecule has 1 saturated heterocycles. The summed E-state index contributed by atoms with van der Waals surface area (Å²) in [5, 5.41) is 0.898. The number of hydrogen-bond donors (Lipinski definition) is 0. The Hall–Kier alpha value is -2.39. The minimum atomic E-state index is -4.37. The largest absolute Gasteiger partial charge is 0.483 e. The third-order valence-electron chi connectivity index (χ3n) is 5.51. The fourth-order valence-electron chi connectivity index (χ4n) is 3.75. The molecule has 2 heterocycles. The Labute approximate surface area is 214 Å². The predicted octanol–water partition coefficient (Wildman–Crippen LogP) is 6.80. The summed E-state index contributed by atoms with van der Waals surface area (Å²) in [4.78, 5) is 16.5. The van der Waals surface area contributed by atoms with E-state index < -0.39 is 11.7 Å². The second kappa shape index (κ2) is 10.7. The lowest BCUT2D eigenvalue weighted by molar-refractivity contribution is -0.137. The maximum absolute atomic E-state index is 12.9. The Morgan fingerprint density at radius 1 is 0.971 bits per heavy atom. The summed E-state index contributed by atoms with van der Waals surface area (Å²) in [6, 6.07) is 11.5. The van der Waals surface area contributed by atoms with Crippen molar-refractivity contribution in [2.45, 2.75) is 19.3 Å². The van der Waals surface area contributed by atoms with Crippen LogP contribution in [0.1, 0.15) is 27.4 Å². The normalized spacial score (nSPS) is 14.9. The SMILES string of the molecule is O=C(c1ccc(COc2c(Cl)cc(Cl)cc2Cl)o1)N1CCN(Cc2cccc(C(F)(F)F)c2)CC1. The van der Waals surface area contributed by atoms with E-state index in [9.17, 15) is 18.0 Å². The third kappa shape index (κ3) is 6.44. The molecule has 11 heteroatoms. The van der Waals surface area contributed by atoms with Crippen LogP contribution in [0.15, 0.2) is 52.9 Å². The smallest absolute Gasteiger partial charge is 0.416 e. The Morgan fingerprint density at radius 3 is 2.31 bits per heavy atom. The van der Waals surface area contributed by atoms with Crippen molar-refractivity contribution in [3.8, 4) is 5.75 Å². The van der Waals surface area contributed by atoms with Crippen molar-refractivity contribution in [2.75, 3.05) is 26.2 Å². The summed E-state index contributed by atoms with van der Waals surface area (Å²) in [5.74, 6) is 0.582. The van der Waals surface area contributed by atoms with E-state index in [-0.39, 0.29) is 34.1 Å². The summed E-state index contributed by atoms with van der Waals surface area (Å²) in [7, 11) is 0. The summed E-state index contributed by atoms with van der Waals surface area (Å²) >= 11 is 18.1. The molecule has 1 aliphatic rings. The number of carbonyl (C=O) groups is 1. The van der Waals surface area contributed by atoms with Crippen molar-refractivity contribution >= 4 is 40.7 Å². The number of halogens is 6. The van der Waals surface area contributed by atoms with Gasteiger partial charge in [-0.1, -0.05) is 53.0 Å². The van der Waals surface area contributed by atoms with Crippen LogP contribution in [0.5, 0.6) is 5.75 Å². The molecule has 186 valence electrons. The fourth-order valence-corrected chi connectivity index (χ4v) is 4.68. The molecule has 4 rings (SSSR count). The highest BCUT2D eigenvalue weighted by Gasteiger charge is 2.31. The highest BCUT2D eigenvalue weighted by atomic mass is 35.5. The number of ether oxygens (including phenoxy) is 1. The van der Waals surface area contributed by atoms with Crippen molar-refractivity contribution in [1.82, 2.24) is 9.80 Å². The third-order valence-corrected chi connectivity index (χ3v) is 6.29. The number of amides is 1. The van der Waals surface area contributed by atoms with E-state index in [0.29, 0.717) is 49.1 Å². The molecule has 0 unspecified atom stereocenters. The molecule has 0 N–H and O–H groups in total. The van der Waals surface area contributed by atoms with Crippen LogP contribution >= 0.6 is 34.8 Å². The molecule has 0 bridgehead atoms. The van der Waals surface area contributed by atoms with Crippen molar-refractivity contribution in [2.24, 2.45) is 0 Å². The lowest BCUT2D eigenvalue weighted by atomic mass is 10.1. The molecular weight excluding hydrogens is 528 g/mol. The molecule has 35 heavy (non-hydrogen) atoms. The lowest BCUT2D eigenvalue weighted by Crippen LogP contribution is -2.48. The molecule has 0 spiro atoms. The van der Waals surface area contributed by atoms with Crippen LogP contribution in [-0.4, -0.2) is 41.9 Å². The van der Waals surface area contributed by atoms with Gasteiger partial charge in [-0.15, -0.1) is 0 Å². The topological polar surface area (TPSA) is 45.9 Å². The first kappa shape index (κ1) is 25.7. The van der Waals surface area contributed by atoms with Gasteiger partial charge < -0.3 is 14.1 Å². The highest BCUT2D eigenvalue weighted by molar-refractivity contribution is 6.40. The summed E-state index contributed by atoms with van der Waals surface area (Å²) < 4.78 is 50.1. The molecule has 1 amide bonds. The number of benzene rings is 2. The molecule has 1 aromatic heterocycles. The molecule has 5 nitrogen and oxygen atoms in total. The van der Waals surface area contributed by atoms with Gasteiger partial charge in [-0.05, 0) is 35.9 Å². The van der Waals surface area contributed by atoms with E-state index in [1.54, 1.807) is 23.1 Å². The summed E-state index contributed by atoms with van der Waals surface area (Å²) in [6.07, 6.45) is -4.37. The van der Waals surface area contributed by atoms with E-state index in [0.717, 1.165) is 12.1 Å². The Morgan fingerprint density at radius 2 is 1.66 bits per heavy atom. The summed E-state index contributed by atoms with van der Waals surface area (Å²) in [6.45, 7) is 2.32. The van der Waals surface area contributed by atoms with Gasteiger partial charge in [0, 0.05) is 37.7 Å². The second-order valence-corrected chi connectivity index (χ2v) is 9.27. The Balaban J connectivity index is 1.30. The van der Waals surface area contributed by atoms with Crippen LogP contribution < -0.4 is 4.74 Å². The van der Waals surface area contributed by atoms with Crippen LogP contribution in [0, 0.1) is 0 Å². The molecule has 1 aliphatic heterocycles. The molecule has 0 aliphatic carbocycles. The molecule has 2 aromatic carbocycles. The zero-order valence-electron chi connectivity index (χ0n) is 18.2. The summed E-state index contributed by atoms with van der Waals surface area (Å²) in [5.41, 5.74) is -0.0850. The average molecular weight is 548 g/mol. The Kier molecular flexibility index (Phi) is 7.86. The minimum absolute atomic E-state index is 0.0130. The quantitative estimate of drug-likeness (QED) is 0.341. The number of rotatable bonds is 6. The fraction of sp³-hybridized carbons (Fsp3) is 0.292. The van der Waals surface area contributed by atoms with Crippen molar-refractivity contribution in [3.63, 3.8) is 0 Å². The van der Waals surface area contributed by atoms with E-state index in [4.69, 9.17) is 44.0 Å². The minimum Gasteiger partial charge on any atom is -0.483 e. The van der Waals surface area contributed by atoms with E-state index >= 15 is 0 Å². The van der Waals surface area contributed by atoms with Crippen LogP contribution in [0.2, 0.25) is 15.1 Å². The number of furan rings is 1. The van der Waals surface area contributed by atoms with Gasteiger partial charge in [0.05, 0.1) is 15.6 Å². The van der Waals surface area contributed by atoms with Gasteiger partial charge in [0.2, 0.25) is 0 Å². The van der Waals surface area contributed by atoms with Gasteiger partial charge in [-0.25, -0.2) is 0 Å². The molecular formula is C24H20Cl3F3N2O3. The number of piperazine rings is 1. The van der Waals surface area contributed by atoms with E-state index in [1.165, 1.54) is 18.2 Å².